The Labute approximate surface area is 125 Å². The first kappa shape index (κ1) is 18.9. The number of carbonyl (C=O) groups is 2. The fourth-order valence-corrected chi connectivity index (χ4v) is 1.86. The number of benzene rings is 1. The second-order valence-electron chi connectivity index (χ2n) is 4.76. The lowest BCUT2D eigenvalue weighted by Gasteiger charge is -2.17. The smallest absolute Gasteiger partial charge is 0.327 e. The molecule has 0 aromatic heterocycles. The molecular weight excluding hydrogens is 272 g/mol. The number of carbonyl (C=O) groups excluding carboxylic acids is 1. The minimum Gasteiger partial charge on any atom is -0.480 e. The molecule has 1 atom stereocenters. The molecule has 0 bridgehead atoms. The molecule has 1 rings (SSSR count). The van der Waals surface area contributed by atoms with E-state index in [1.807, 2.05) is 13.8 Å². The normalized spacial score (nSPS) is 11.0. The number of hydrogen-bond acceptors (Lipinski definition) is 5. The Kier molecular flexibility index (Phi) is 8.08. The quantitative estimate of drug-likeness (QED) is 0.730. The fraction of sp³-hybridized carbons (Fsp3) is 0.467. The Hall–Kier alpha value is -2.08. The molecular formula is C15H24N2O4. The number of aliphatic carboxylic acids is 1. The summed E-state index contributed by atoms with van der Waals surface area (Å²) in [6.07, 6.45) is 0. The molecule has 118 valence electrons. The van der Waals surface area contributed by atoms with Gasteiger partial charge in [0.2, 0.25) is 0 Å². The number of aryl methyl sites for hydroxylation is 3. The number of rotatable bonds is 4. The van der Waals surface area contributed by atoms with Crippen LogP contribution in [0.1, 0.15) is 23.6 Å². The zero-order chi connectivity index (χ0) is 16.6. The van der Waals surface area contributed by atoms with Gasteiger partial charge in [-0.25, -0.2) is 4.79 Å². The number of nitrogens with two attached hydrogens (primary N) is 1. The van der Waals surface area contributed by atoms with Crippen molar-refractivity contribution in [2.24, 2.45) is 5.73 Å². The summed E-state index contributed by atoms with van der Waals surface area (Å²) in [7, 11) is 1.40. The lowest BCUT2D eigenvalue weighted by Crippen LogP contribution is -2.27. The molecule has 0 saturated carbocycles. The van der Waals surface area contributed by atoms with Crippen molar-refractivity contribution < 1.29 is 19.4 Å². The van der Waals surface area contributed by atoms with Crippen molar-refractivity contribution in [2.45, 2.75) is 33.7 Å². The number of nitrogens with one attached hydrogen (secondary N) is 1. The van der Waals surface area contributed by atoms with Crippen LogP contribution in [0.4, 0.5) is 5.69 Å². The van der Waals surface area contributed by atoms with Gasteiger partial charge in [0.25, 0.3) is 0 Å². The Morgan fingerprint density at radius 2 is 1.71 bits per heavy atom. The highest BCUT2D eigenvalue weighted by Crippen LogP contribution is 2.22. The second-order valence-corrected chi connectivity index (χ2v) is 4.76. The molecule has 0 unspecified atom stereocenters. The number of esters is 1. The van der Waals surface area contributed by atoms with Crippen molar-refractivity contribution in [1.29, 1.82) is 0 Å². The van der Waals surface area contributed by atoms with Crippen LogP contribution in [0.15, 0.2) is 12.1 Å². The molecule has 0 aliphatic rings. The van der Waals surface area contributed by atoms with Crippen LogP contribution >= 0.6 is 0 Å². The molecule has 1 aromatic rings. The highest BCUT2D eigenvalue weighted by molar-refractivity contribution is 5.79. The van der Waals surface area contributed by atoms with E-state index in [0.717, 1.165) is 16.8 Å². The standard InChI is InChI=1S/C13H19NO2.C2H5NO2/c1-8-6-9(2)12(10(3)7-8)14-11(4)13(15)16-5;3-1-2(4)5/h6-7,11,14H,1-5H3;1,3H2,(H,4,5)/t11-;/m0./s1. The molecule has 6 heteroatoms. The largest absolute Gasteiger partial charge is 0.480 e. The van der Waals surface area contributed by atoms with Gasteiger partial charge in [-0.15, -0.1) is 0 Å². The Bertz CT molecular complexity index is 477. The van der Waals surface area contributed by atoms with Gasteiger partial charge in [0.05, 0.1) is 13.7 Å². The van der Waals surface area contributed by atoms with Gasteiger partial charge in [0, 0.05) is 5.69 Å². The maximum atomic E-state index is 11.3. The molecule has 0 aliphatic heterocycles. The number of methoxy groups -OCH3 is 1. The topological polar surface area (TPSA) is 102 Å². The van der Waals surface area contributed by atoms with Crippen LogP contribution in [0.2, 0.25) is 0 Å². The molecule has 6 nitrogen and oxygen atoms in total. The summed E-state index contributed by atoms with van der Waals surface area (Å²) in [6, 6.07) is 3.86. The summed E-state index contributed by atoms with van der Waals surface area (Å²) in [5.41, 5.74) is 9.11. The first-order valence-electron chi connectivity index (χ1n) is 6.57. The second kappa shape index (κ2) is 8.97. The van der Waals surface area contributed by atoms with Crippen LogP contribution in [0.5, 0.6) is 0 Å². The summed E-state index contributed by atoms with van der Waals surface area (Å²) >= 11 is 0. The molecule has 0 amide bonds. The van der Waals surface area contributed by atoms with Crippen LogP contribution in [0, 0.1) is 20.8 Å². The van der Waals surface area contributed by atoms with E-state index >= 15 is 0 Å². The molecule has 0 radical (unpaired) electrons. The van der Waals surface area contributed by atoms with E-state index in [4.69, 9.17) is 5.11 Å². The average molecular weight is 296 g/mol. The highest BCUT2D eigenvalue weighted by Gasteiger charge is 2.14. The third-order valence-corrected chi connectivity index (χ3v) is 2.77. The van der Waals surface area contributed by atoms with Crippen LogP contribution in [0.3, 0.4) is 0 Å². The van der Waals surface area contributed by atoms with Crippen LogP contribution in [-0.4, -0.2) is 36.7 Å². The number of ether oxygens (including phenoxy) is 1. The van der Waals surface area contributed by atoms with Crippen molar-refractivity contribution >= 4 is 17.6 Å². The summed E-state index contributed by atoms with van der Waals surface area (Å²) in [5, 5.41) is 10.8. The van der Waals surface area contributed by atoms with E-state index in [0.29, 0.717) is 0 Å². The van der Waals surface area contributed by atoms with Crippen molar-refractivity contribution in [1.82, 2.24) is 0 Å². The van der Waals surface area contributed by atoms with Crippen molar-refractivity contribution in [2.75, 3.05) is 19.0 Å². The van der Waals surface area contributed by atoms with E-state index in [-0.39, 0.29) is 18.6 Å². The molecule has 0 spiro atoms. The number of carboxylic acid groups (broad SMARTS) is 1. The van der Waals surface area contributed by atoms with E-state index in [9.17, 15) is 9.59 Å². The number of carboxylic acids is 1. The van der Waals surface area contributed by atoms with Gasteiger partial charge in [0.15, 0.2) is 0 Å². The van der Waals surface area contributed by atoms with Gasteiger partial charge in [-0.3, -0.25) is 4.79 Å². The first-order chi connectivity index (χ1) is 9.72. The molecule has 21 heavy (non-hydrogen) atoms. The maximum absolute atomic E-state index is 11.3. The summed E-state index contributed by atoms with van der Waals surface area (Å²) in [6.45, 7) is 7.65. The van der Waals surface area contributed by atoms with Crippen molar-refractivity contribution in [3.63, 3.8) is 0 Å². The molecule has 0 fully saturated rings. The average Bonchev–Trinajstić information content (AvgIpc) is 2.42. The Morgan fingerprint density at radius 3 is 2.05 bits per heavy atom. The van der Waals surface area contributed by atoms with E-state index < -0.39 is 5.97 Å². The van der Waals surface area contributed by atoms with Gasteiger partial charge in [-0.2, -0.15) is 0 Å². The minimum atomic E-state index is -0.968. The summed E-state index contributed by atoms with van der Waals surface area (Å²) < 4.78 is 4.69. The Balaban J connectivity index is 0.000000690. The Morgan fingerprint density at radius 1 is 1.29 bits per heavy atom. The minimum absolute atomic E-state index is 0.251. The number of anilines is 1. The third-order valence-electron chi connectivity index (χ3n) is 2.77. The molecule has 4 N–H and O–H groups in total. The van der Waals surface area contributed by atoms with Gasteiger partial charge in [0.1, 0.15) is 6.04 Å². The van der Waals surface area contributed by atoms with Gasteiger partial charge in [-0.1, -0.05) is 17.7 Å². The lowest BCUT2D eigenvalue weighted by molar-refractivity contribution is -0.141. The van der Waals surface area contributed by atoms with Gasteiger partial charge < -0.3 is 20.9 Å². The number of hydrogen-bond donors (Lipinski definition) is 3. The SMILES string of the molecule is COC(=O)[C@H](C)Nc1c(C)cc(C)cc1C.NCC(=O)O. The van der Waals surface area contributed by atoms with E-state index in [2.05, 4.69) is 34.8 Å². The van der Waals surface area contributed by atoms with Crippen LogP contribution < -0.4 is 11.1 Å². The van der Waals surface area contributed by atoms with Gasteiger partial charge in [-0.05, 0) is 38.8 Å². The highest BCUT2D eigenvalue weighted by atomic mass is 16.5. The predicted octanol–water partition coefficient (Wildman–Crippen LogP) is 1.61. The zero-order valence-corrected chi connectivity index (χ0v) is 13.2. The lowest BCUT2D eigenvalue weighted by atomic mass is 10.0. The van der Waals surface area contributed by atoms with Crippen molar-refractivity contribution in [3.8, 4) is 0 Å². The van der Waals surface area contributed by atoms with E-state index in [1.54, 1.807) is 6.92 Å². The maximum Gasteiger partial charge on any atom is 0.327 e. The van der Waals surface area contributed by atoms with Gasteiger partial charge >= 0.3 is 11.9 Å². The molecule has 0 heterocycles. The summed E-state index contributed by atoms with van der Waals surface area (Å²) in [4.78, 5) is 20.6. The van der Waals surface area contributed by atoms with Crippen LogP contribution in [0.25, 0.3) is 0 Å². The predicted molar refractivity (Wildman–Crippen MR) is 82.4 cm³/mol. The summed E-state index contributed by atoms with van der Waals surface area (Å²) in [5.74, 6) is -1.22. The third kappa shape index (κ3) is 6.76. The zero-order valence-electron chi connectivity index (χ0n) is 13.2. The molecule has 0 saturated heterocycles. The van der Waals surface area contributed by atoms with Crippen molar-refractivity contribution in [3.05, 3.63) is 28.8 Å². The first-order valence-corrected chi connectivity index (χ1v) is 6.57. The molecule has 0 aliphatic carbocycles. The van der Waals surface area contributed by atoms with E-state index in [1.165, 1.54) is 12.7 Å². The van der Waals surface area contributed by atoms with Crippen LogP contribution in [-0.2, 0) is 14.3 Å². The monoisotopic (exact) mass is 296 g/mol. The fourth-order valence-electron chi connectivity index (χ4n) is 1.86. The molecule has 1 aromatic carbocycles.